The van der Waals surface area contributed by atoms with Gasteiger partial charge in [-0.25, -0.2) is 4.39 Å². The van der Waals surface area contributed by atoms with Gasteiger partial charge in [0.25, 0.3) is 5.56 Å². The molecule has 2 atom stereocenters. The highest BCUT2D eigenvalue weighted by Gasteiger charge is 2.36. The average molecular weight is 658 g/mol. The van der Waals surface area contributed by atoms with Crippen LogP contribution in [0.2, 0.25) is 0 Å². The summed E-state index contributed by atoms with van der Waals surface area (Å²) in [6, 6.07) is 5.02. The number of nitrogens with zero attached hydrogens (tertiary/aromatic N) is 2. The number of carbonyl (C=O) groups is 2. The Labute approximate surface area is 272 Å². The first-order valence-electron chi connectivity index (χ1n) is 15.9. The van der Waals surface area contributed by atoms with Crippen LogP contribution in [0.1, 0.15) is 84.1 Å². The number of carboxylic acids is 1. The van der Waals surface area contributed by atoms with Gasteiger partial charge in [0.1, 0.15) is 11.9 Å². The number of aliphatic carboxylic acids is 1. The van der Waals surface area contributed by atoms with Crippen LogP contribution in [0.15, 0.2) is 41.3 Å². The van der Waals surface area contributed by atoms with Gasteiger partial charge in [-0.05, 0) is 129 Å². The third-order valence-electron chi connectivity index (χ3n) is 8.73. The molecule has 1 aliphatic rings. The quantitative estimate of drug-likeness (QED) is 0.209. The number of benzene rings is 2. The number of carboxylic acid groups (broad SMARTS) is 1. The number of alkyl halides is 3. The summed E-state index contributed by atoms with van der Waals surface area (Å²) in [5.74, 6) is -2.31. The molecular formula is C36H43F4N3O4. The number of rotatable bonds is 12. The Bertz CT molecular complexity index is 1690. The van der Waals surface area contributed by atoms with E-state index in [4.69, 9.17) is 0 Å². The molecule has 0 saturated heterocycles. The standard InChI is InChI=1S/C36H43F4N3O4/c1-20(2)12-31(43-19-24(10-11-42(5)6)29(17-32(43)44)36(38,39)40)35(47)41-30(18-33(45)46)25-15-23-8-7-9-27(23)28(16-25)34-21(3)13-26(37)14-22(34)4/h13-17,19-20,30-31H,7-12,18H2,1-6H3,(H,41,47)(H,45,46)/t30-,31+/m0/s1. The molecule has 0 unspecified atom stereocenters. The molecule has 254 valence electrons. The Balaban J connectivity index is 1.80. The first kappa shape index (κ1) is 35.9. The van der Waals surface area contributed by atoms with Crippen LogP contribution in [-0.2, 0) is 35.0 Å². The highest BCUT2D eigenvalue weighted by molar-refractivity contribution is 5.82. The van der Waals surface area contributed by atoms with Crippen molar-refractivity contribution in [2.24, 2.45) is 5.92 Å². The monoisotopic (exact) mass is 657 g/mol. The van der Waals surface area contributed by atoms with E-state index in [2.05, 4.69) is 5.32 Å². The molecule has 0 spiro atoms. The van der Waals surface area contributed by atoms with Crippen molar-refractivity contribution in [1.29, 1.82) is 0 Å². The minimum atomic E-state index is -4.76. The second-order valence-corrected chi connectivity index (χ2v) is 13.3. The van der Waals surface area contributed by atoms with Crippen molar-refractivity contribution in [3.63, 3.8) is 0 Å². The number of aromatic nitrogens is 1. The van der Waals surface area contributed by atoms with Gasteiger partial charge in [0.05, 0.1) is 18.0 Å². The lowest BCUT2D eigenvalue weighted by atomic mass is 9.87. The number of likely N-dealkylation sites (N-methyl/N-ethyl adjacent to an activating group) is 1. The highest BCUT2D eigenvalue weighted by Crippen LogP contribution is 2.39. The van der Waals surface area contributed by atoms with Crippen molar-refractivity contribution < 1.29 is 32.3 Å². The zero-order valence-corrected chi connectivity index (χ0v) is 27.7. The first-order chi connectivity index (χ1) is 22.0. The summed E-state index contributed by atoms with van der Waals surface area (Å²) in [7, 11) is 3.45. The summed E-state index contributed by atoms with van der Waals surface area (Å²) in [4.78, 5) is 41.1. The summed E-state index contributed by atoms with van der Waals surface area (Å²) < 4.78 is 57.1. The van der Waals surface area contributed by atoms with E-state index in [9.17, 15) is 37.1 Å². The number of amides is 1. The number of pyridine rings is 1. The van der Waals surface area contributed by atoms with Gasteiger partial charge in [-0.15, -0.1) is 0 Å². The van der Waals surface area contributed by atoms with Crippen LogP contribution in [-0.4, -0.2) is 47.1 Å². The maximum Gasteiger partial charge on any atom is 0.416 e. The molecule has 0 fully saturated rings. The van der Waals surface area contributed by atoms with Crippen LogP contribution < -0.4 is 10.9 Å². The fourth-order valence-corrected chi connectivity index (χ4v) is 6.62. The van der Waals surface area contributed by atoms with Crippen LogP contribution in [0, 0.1) is 25.6 Å². The summed E-state index contributed by atoms with van der Waals surface area (Å²) in [5.41, 5.74) is 3.74. The molecule has 4 rings (SSSR count). The van der Waals surface area contributed by atoms with E-state index < -0.39 is 47.7 Å². The minimum Gasteiger partial charge on any atom is -0.481 e. The second-order valence-electron chi connectivity index (χ2n) is 13.3. The summed E-state index contributed by atoms with van der Waals surface area (Å²) in [6.07, 6.45) is -1.50. The second kappa shape index (κ2) is 14.4. The maximum atomic E-state index is 14.2. The molecule has 2 aromatic carbocycles. The molecule has 11 heteroatoms. The van der Waals surface area contributed by atoms with Crippen molar-refractivity contribution >= 4 is 11.9 Å². The highest BCUT2D eigenvalue weighted by atomic mass is 19.4. The molecule has 1 amide bonds. The van der Waals surface area contributed by atoms with Crippen LogP contribution in [0.5, 0.6) is 0 Å². The lowest BCUT2D eigenvalue weighted by Gasteiger charge is -2.27. The van der Waals surface area contributed by atoms with E-state index in [-0.39, 0.29) is 36.7 Å². The molecule has 2 N–H and O–H groups in total. The summed E-state index contributed by atoms with van der Waals surface area (Å²) in [6.45, 7) is 7.59. The maximum absolute atomic E-state index is 14.2. The van der Waals surface area contributed by atoms with Gasteiger partial charge in [0.2, 0.25) is 5.91 Å². The summed E-state index contributed by atoms with van der Waals surface area (Å²) >= 11 is 0. The van der Waals surface area contributed by atoms with Gasteiger partial charge >= 0.3 is 12.1 Å². The molecule has 0 bridgehead atoms. The Kier molecular flexibility index (Phi) is 11.0. The first-order valence-corrected chi connectivity index (χ1v) is 15.9. The van der Waals surface area contributed by atoms with E-state index >= 15 is 0 Å². The van der Waals surface area contributed by atoms with E-state index in [0.717, 1.165) is 63.4 Å². The Morgan fingerprint density at radius 3 is 2.28 bits per heavy atom. The van der Waals surface area contributed by atoms with Crippen LogP contribution >= 0.6 is 0 Å². The number of hydrogen-bond donors (Lipinski definition) is 2. The predicted octanol–water partition coefficient (Wildman–Crippen LogP) is 6.80. The Hall–Kier alpha value is -3.99. The number of aryl methyl sites for hydroxylation is 3. The number of hydrogen-bond acceptors (Lipinski definition) is 4. The van der Waals surface area contributed by atoms with Crippen molar-refractivity contribution in [2.75, 3.05) is 20.6 Å². The third-order valence-corrected chi connectivity index (χ3v) is 8.73. The van der Waals surface area contributed by atoms with Crippen molar-refractivity contribution in [1.82, 2.24) is 14.8 Å². The number of halogens is 4. The Morgan fingerprint density at radius 2 is 1.70 bits per heavy atom. The van der Waals surface area contributed by atoms with Crippen molar-refractivity contribution in [3.8, 4) is 11.1 Å². The number of nitrogens with one attached hydrogen (secondary N) is 1. The molecule has 7 nitrogen and oxygen atoms in total. The molecular weight excluding hydrogens is 614 g/mol. The van der Waals surface area contributed by atoms with E-state index in [1.54, 1.807) is 19.0 Å². The van der Waals surface area contributed by atoms with Gasteiger partial charge in [-0.3, -0.25) is 14.4 Å². The van der Waals surface area contributed by atoms with E-state index in [1.807, 2.05) is 39.8 Å². The minimum absolute atomic E-state index is 0.0000976. The molecule has 3 aromatic rings. The largest absolute Gasteiger partial charge is 0.481 e. The summed E-state index contributed by atoms with van der Waals surface area (Å²) in [5, 5.41) is 12.7. The molecule has 0 saturated carbocycles. The molecule has 0 aliphatic heterocycles. The number of fused-ring (bicyclic) bond motifs is 1. The van der Waals surface area contributed by atoms with E-state index in [0.29, 0.717) is 11.6 Å². The fourth-order valence-electron chi connectivity index (χ4n) is 6.62. The zero-order valence-electron chi connectivity index (χ0n) is 27.7. The topological polar surface area (TPSA) is 91.6 Å². The molecule has 1 aliphatic carbocycles. The van der Waals surface area contributed by atoms with Crippen molar-refractivity contribution in [2.45, 2.75) is 84.5 Å². The van der Waals surface area contributed by atoms with Crippen LogP contribution in [0.25, 0.3) is 11.1 Å². The molecule has 1 aromatic heterocycles. The normalized spacial score (nSPS) is 14.4. The Morgan fingerprint density at radius 1 is 1.04 bits per heavy atom. The third kappa shape index (κ3) is 8.49. The van der Waals surface area contributed by atoms with Gasteiger partial charge in [0.15, 0.2) is 0 Å². The lowest BCUT2D eigenvalue weighted by Crippen LogP contribution is -2.40. The predicted molar refractivity (Wildman–Crippen MR) is 173 cm³/mol. The van der Waals surface area contributed by atoms with Crippen LogP contribution in [0.3, 0.4) is 0 Å². The van der Waals surface area contributed by atoms with Gasteiger partial charge in [-0.1, -0.05) is 19.9 Å². The van der Waals surface area contributed by atoms with Gasteiger partial charge in [-0.2, -0.15) is 13.2 Å². The van der Waals surface area contributed by atoms with Crippen molar-refractivity contribution in [3.05, 3.63) is 91.6 Å². The van der Waals surface area contributed by atoms with Gasteiger partial charge in [0, 0.05) is 18.8 Å². The van der Waals surface area contributed by atoms with Gasteiger partial charge < -0.3 is 19.9 Å². The average Bonchev–Trinajstić information content (AvgIpc) is 3.42. The zero-order chi connectivity index (χ0) is 34.8. The fraction of sp³-hybridized carbons (Fsp3) is 0.472. The number of carbonyl (C=O) groups excluding carboxylic acids is 1. The molecule has 0 radical (unpaired) electrons. The molecule has 47 heavy (non-hydrogen) atoms. The smallest absolute Gasteiger partial charge is 0.416 e. The lowest BCUT2D eigenvalue weighted by molar-refractivity contribution is -0.139. The molecule has 1 heterocycles. The van der Waals surface area contributed by atoms with Crippen LogP contribution in [0.4, 0.5) is 17.6 Å². The van der Waals surface area contributed by atoms with E-state index in [1.165, 1.54) is 12.1 Å². The SMILES string of the molecule is Cc1cc(F)cc(C)c1-c1cc([C@H](CC(=O)O)NC(=O)[C@@H](CC(C)C)n2cc(CCN(C)C)c(C(F)(F)F)cc2=O)cc2c1CCC2.